The zero-order valence-electron chi connectivity index (χ0n) is 20.0. The van der Waals surface area contributed by atoms with E-state index in [1.807, 2.05) is 12.1 Å². The summed E-state index contributed by atoms with van der Waals surface area (Å²) in [5.41, 5.74) is 7.16. The fraction of sp³-hybridized carbons (Fsp3) is 0.423. The topological polar surface area (TPSA) is 82.8 Å². The number of alkyl halides is 3. The van der Waals surface area contributed by atoms with E-state index in [2.05, 4.69) is 14.8 Å². The minimum Gasteiger partial charge on any atom is -0.365 e. The molecule has 3 aliphatic heterocycles. The maximum atomic E-state index is 13.2. The van der Waals surface area contributed by atoms with Gasteiger partial charge in [0.05, 0.1) is 28.4 Å². The van der Waals surface area contributed by atoms with Gasteiger partial charge in [0.15, 0.2) is 0 Å². The first-order chi connectivity index (χ1) is 17.6. The zero-order chi connectivity index (χ0) is 26.3. The van der Waals surface area contributed by atoms with Crippen molar-refractivity contribution in [2.45, 2.75) is 37.5 Å². The molecular weight excluding hydrogens is 507 g/mol. The van der Waals surface area contributed by atoms with E-state index in [4.69, 9.17) is 17.3 Å². The number of anilines is 1. The maximum absolute atomic E-state index is 13.2. The van der Waals surface area contributed by atoms with Gasteiger partial charge in [-0.25, -0.2) is 0 Å². The number of aromatic nitrogens is 1. The van der Waals surface area contributed by atoms with Crippen molar-refractivity contribution in [2.75, 3.05) is 37.6 Å². The van der Waals surface area contributed by atoms with Gasteiger partial charge in [-0.2, -0.15) is 13.2 Å². The average Bonchev–Trinajstić information content (AvgIpc) is 3.13. The predicted octanol–water partition coefficient (Wildman–Crippen LogP) is 3.82. The molecule has 3 aliphatic rings. The number of hydrogen-bond donors (Lipinski definition) is 1. The molecule has 1 aromatic heterocycles. The van der Waals surface area contributed by atoms with Crippen LogP contribution in [0.5, 0.6) is 0 Å². The highest BCUT2D eigenvalue weighted by Gasteiger charge is 2.41. The molecule has 2 saturated heterocycles. The lowest BCUT2D eigenvalue weighted by Gasteiger charge is -2.43. The predicted molar refractivity (Wildman–Crippen MR) is 134 cm³/mol. The number of pyridine rings is 1. The molecule has 2 atom stereocenters. The summed E-state index contributed by atoms with van der Waals surface area (Å²) in [5, 5.41) is -0.326. The van der Waals surface area contributed by atoms with Gasteiger partial charge in [-0.15, -0.1) is 0 Å². The van der Waals surface area contributed by atoms with E-state index in [1.165, 1.54) is 12.3 Å². The minimum absolute atomic E-state index is 0.00280. The largest absolute Gasteiger partial charge is 0.417 e. The molecule has 37 heavy (non-hydrogen) atoms. The molecule has 0 spiro atoms. The minimum atomic E-state index is -4.52. The van der Waals surface area contributed by atoms with Gasteiger partial charge in [0.1, 0.15) is 0 Å². The highest BCUT2D eigenvalue weighted by atomic mass is 35.5. The number of rotatable bonds is 5. The van der Waals surface area contributed by atoms with Crippen molar-refractivity contribution in [3.05, 3.63) is 64.4 Å². The number of benzene rings is 1. The fourth-order valence-corrected chi connectivity index (χ4v) is 5.93. The molecule has 2 fully saturated rings. The van der Waals surface area contributed by atoms with Crippen LogP contribution in [-0.4, -0.2) is 71.4 Å². The average molecular weight is 534 g/mol. The van der Waals surface area contributed by atoms with Gasteiger partial charge >= 0.3 is 6.18 Å². The lowest BCUT2D eigenvalue weighted by atomic mass is 9.97. The van der Waals surface area contributed by atoms with Gasteiger partial charge < -0.3 is 15.5 Å². The number of fused-ring (bicyclic) bond motifs is 2. The Kier molecular flexibility index (Phi) is 6.89. The Bertz CT molecular complexity index is 1240. The van der Waals surface area contributed by atoms with Crippen LogP contribution in [0.1, 0.15) is 40.7 Å². The Morgan fingerprint density at radius 2 is 1.86 bits per heavy atom. The quantitative estimate of drug-likeness (QED) is 0.632. The molecule has 7 nitrogen and oxygen atoms in total. The summed E-state index contributed by atoms with van der Waals surface area (Å²) in [6, 6.07) is 6.10. The Hall–Kier alpha value is -3.11. The van der Waals surface area contributed by atoms with Crippen molar-refractivity contribution in [1.29, 1.82) is 0 Å². The molecule has 5 rings (SSSR count). The standard InChI is InChI=1S/C26H27ClF3N5O2/c27-22-4-1-17(11-21(22)26(28,29)30)16-6-9-34(10-7-16)24(36)15-33-13-18-2-3-19(14-33)35(18)23-5-8-32-12-20(23)25(31)37/h1,4-6,8,11-12,18-19H,2-3,7,9-10,13-15H2,(H2,31,37). The molecule has 0 aliphatic carbocycles. The highest BCUT2D eigenvalue weighted by Crippen LogP contribution is 2.38. The molecule has 2 unspecified atom stereocenters. The number of primary amides is 1. The van der Waals surface area contributed by atoms with E-state index < -0.39 is 17.6 Å². The molecule has 2 N–H and O–H groups in total. The molecule has 2 bridgehead atoms. The number of piperazine rings is 1. The van der Waals surface area contributed by atoms with Gasteiger partial charge in [-0.3, -0.25) is 19.5 Å². The molecule has 2 aromatic rings. The Morgan fingerprint density at radius 1 is 1.14 bits per heavy atom. The van der Waals surface area contributed by atoms with Crippen LogP contribution in [0.15, 0.2) is 42.7 Å². The first kappa shape index (κ1) is 25.5. The van der Waals surface area contributed by atoms with Gasteiger partial charge in [-0.1, -0.05) is 23.7 Å². The van der Waals surface area contributed by atoms with Crippen molar-refractivity contribution < 1.29 is 22.8 Å². The molecule has 11 heteroatoms. The highest BCUT2D eigenvalue weighted by molar-refractivity contribution is 6.31. The number of carbonyl (C=O) groups is 2. The zero-order valence-corrected chi connectivity index (χ0v) is 20.8. The third-order valence-electron chi connectivity index (χ3n) is 7.46. The summed E-state index contributed by atoms with van der Waals surface area (Å²) < 4.78 is 39.7. The van der Waals surface area contributed by atoms with Crippen LogP contribution < -0.4 is 10.6 Å². The monoisotopic (exact) mass is 533 g/mol. The van der Waals surface area contributed by atoms with E-state index in [0.717, 1.165) is 30.2 Å². The Balaban J connectivity index is 1.21. The number of amides is 2. The molecule has 0 saturated carbocycles. The van der Waals surface area contributed by atoms with Crippen LogP contribution in [0.25, 0.3) is 5.57 Å². The van der Waals surface area contributed by atoms with Crippen LogP contribution in [0, 0.1) is 0 Å². The first-order valence-corrected chi connectivity index (χ1v) is 12.6. The number of nitrogens with zero attached hydrogens (tertiary/aromatic N) is 4. The molecule has 196 valence electrons. The van der Waals surface area contributed by atoms with Crippen LogP contribution in [-0.2, 0) is 11.0 Å². The third-order valence-corrected chi connectivity index (χ3v) is 7.79. The number of carbonyl (C=O) groups excluding carboxylic acids is 2. The van der Waals surface area contributed by atoms with Gasteiger partial charge in [-0.05, 0) is 48.6 Å². The lowest BCUT2D eigenvalue weighted by molar-refractivity contribution is -0.137. The summed E-state index contributed by atoms with van der Waals surface area (Å²) >= 11 is 5.74. The SMILES string of the molecule is NC(=O)c1cnccc1N1C2CCC1CN(CC(=O)N1CC=C(c3ccc(Cl)c(C(F)(F)F)c3)CC1)C2. The van der Waals surface area contributed by atoms with Crippen LogP contribution >= 0.6 is 11.6 Å². The molecule has 4 heterocycles. The second kappa shape index (κ2) is 9.98. The van der Waals surface area contributed by atoms with Gasteiger partial charge in [0.2, 0.25) is 5.91 Å². The van der Waals surface area contributed by atoms with E-state index in [0.29, 0.717) is 43.7 Å². The summed E-state index contributed by atoms with van der Waals surface area (Å²) in [6.45, 7) is 2.47. The molecule has 0 radical (unpaired) electrons. The fourth-order valence-electron chi connectivity index (χ4n) is 5.71. The second-order valence-electron chi connectivity index (χ2n) is 9.75. The number of nitrogens with two attached hydrogens (primary N) is 1. The normalized spacial score (nSPS) is 22.2. The molecule has 2 amide bonds. The van der Waals surface area contributed by atoms with Gasteiger partial charge in [0, 0.05) is 50.7 Å². The van der Waals surface area contributed by atoms with Crippen LogP contribution in [0.3, 0.4) is 0 Å². The number of likely N-dealkylation sites (tertiary alicyclic amines) is 1. The molecule has 1 aromatic carbocycles. The Labute approximate surface area is 217 Å². The summed E-state index contributed by atoms with van der Waals surface area (Å²) in [7, 11) is 0. The molecular formula is C26H27ClF3N5O2. The smallest absolute Gasteiger partial charge is 0.365 e. The maximum Gasteiger partial charge on any atom is 0.417 e. The van der Waals surface area contributed by atoms with Crippen molar-refractivity contribution in [2.24, 2.45) is 5.73 Å². The van der Waals surface area contributed by atoms with Crippen molar-refractivity contribution in [3.8, 4) is 0 Å². The van der Waals surface area contributed by atoms with E-state index in [1.54, 1.807) is 17.2 Å². The van der Waals surface area contributed by atoms with E-state index in [-0.39, 0.29) is 29.6 Å². The lowest BCUT2D eigenvalue weighted by Crippen LogP contribution is -2.56. The van der Waals surface area contributed by atoms with Crippen LogP contribution in [0.4, 0.5) is 18.9 Å². The second-order valence-corrected chi connectivity index (χ2v) is 10.2. The van der Waals surface area contributed by atoms with E-state index in [9.17, 15) is 22.8 Å². The van der Waals surface area contributed by atoms with Crippen LogP contribution in [0.2, 0.25) is 5.02 Å². The summed E-state index contributed by atoms with van der Waals surface area (Å²) in [5.74, 6) is -0.511. The summed E-state index contributed by atoms with van der Waals surface area (Å²) in [4.78, 5) is 35.2. The van der Waals surface area contributed by atoms with Crippen molar-refractivity contribution >= 4 is 34.7 Å². The third kappa shape index (κ3) is 5.17. The first-order valence-electron chi connectivity index (χ1n) is 12.2. The number of hydrogen-bond acceptors (Lipinski definition) is 5. The Morgan fingerprint density at radius 3 is 2.49 bits per heavy atom. The van der Waals surface area contributed by atoms with E-state index >= 15 is 0 Å². The van der Waals surface area contributed by atoms with Crippen molar-refractivity contribution in [3.63, 3.8) is 0 Å². The van der Waals surface area contributed by atoms with Gasteiger partial charge in [0.25, 0.3) is 5.91 Å². The number of halogens is 4. The van der Waals surface area contributed by atoms with Crippen molar-refractivity contribution in [1.82, 2.24) is 14.8 Å². The summed E-state index contributed by atoms with van der Waals surface area (Å²) in [6.07, 6.45) is 2.86.